The molecular weight excluding hydrogens is 532 g/mol. The van der Waals surface area contributed by atoms with Crippen molar-refractivity contribution in [2.45, 2.75) is 22.2 Å². The number of benzene rings is 1. The lowest BCUT2D eigenvalue weighted by molar-refractivity contribution is -0.376. The third kappa shape index (κ3) is 4.58. The van der Waals surface area contributed by atoms with Crippen molar-refractivity contribution < 1.29 is 39.9 Å². The quantitative estimate of drug-likeness (QED) is 0.468. The third-order valence-electron chi connectivity index (χ3n) is 5.88. The average molecular weight is 552 g/mol. The molecule has 0 spiro atoms. The minimum absolute atomic E-state index is 0.0120. The van der Waals surface area contributed by atoms with E-state index in [9.17, 15) is 39.9 Å². The second kappa shape index (κ2) is 9.32. The average Bonchev–Trinajstić information content (AvgIpc) is 3.38. The molecule has 6 nitrogen and oxygen atoms in total. The Labute approximate surface area is 206 Å². The molecule has 0 aliphatic carbocycles. The van der Waals surface area contributed by atoms with Gasteiger partial charge in [-0.1, -0.05) is 18.2 Å². The van der Waals surface area contributed by atoms with Gasteiger partial charge in [0.15, 0.2) is 0 Å². The molecule has 0 saturated carbocycles. The van der Waals surface area contributed by atoms with Crippen molar-refractivity contribution >= 4 is 27.0 Å². The maximum Gasteiger partial charge on any atom is 0.430 e. The standard InChI is InChI=1S/C22H19F6N3O3S2/c23-21(24,25)20(32,22(26,27)28)16-5-6-18(17(13-16)15-3-1-7-29-14-15)30-8-10-31(11-9-30)36(33,34)19-4-2-12-35-19/h1-7,12-14,32H,8-11H2. The molecule has 0 radical (unpaired) electrons. The normalized spacial score (nSPS) is 16.4. The fraction of sp³-hybridized carbons (Fsp3) is 0.318. The smallest absolute Gasteiger partial charge is 0.369 e. The summed E-state index contributed by atoms with van der Waals surface area (Å²) in [7, 11) is -3.71. The van der Waals surface area contributed by atoms with Crippen LogP contribution in [0.1, 0.15) is 5.56 Å². The van der Waals surface area contributed by atoms with E-state index in [-0.39, 0.29) is 47.2 Å². The van der Waals surface area contributed by atoms with E-state index in [1.807, 2.05) is 0 Å². The molecule has 1 aliphatic rings. The number of alkyl halides is 6. The number of sulfonamides is 1. The van der Waals surface area contributed by atoms with Gasteiger partial charge in [-0.2, -0.15) is 30.6 Å². The molecule has 194 valence electrons. The van der Waals surface area contributed by atoms with Crippen LogP contribution in [0, 0.1) is 0 Å². The highest BCUT2D eigenvalue weighted by Crippen LogP contribution is 2.51. The van der Waals surface area contributed by atoms with Gasteiger partial charge < -0.3 is 10.0 Å². The van der Waals surface area contributed by atoms with Crippen molar-refractivity contribution in [1.29, 1.82) is 0 Å². The molecule has 1 saturated heterocycles. The van der Waals surface area contributed by atoms with Crippen molar-refractivity contribution in [2.75, 3.05) is 31.1 Å². The number of hydrogen-bond acceptors (Lipinski definition) is 6. The van der Waals surface area contributed by atoms with Gasteiger partial charge in [0.1, 0.15) is 4.21 Å². The number of rotatable bonds is 5. The van der Waals surface area contributed by atoms with Crippen molar-refractivity contribution in [3.63, 3.8) is 0 Å². The molecule has 14 heteroatoms. The van der Waals surface area contributed by atoms with E-state index >= 15 is 0 Å². The van der Waals surface area contributed by atoms with E-state index in [4.69, 9.17) is 0 Å². The Balaban J connectivity index is 1.72. The van der Waals surface area contributed by atoms with Crippen LogP contribution < -0.4 is 4.90 Å². The van der Waals surface area contributed by atoms with Gasteiger partial charge in [-0.15, -0.1) is 11.3 Å². The van der Waals surface area contributed by atoms with Gasteiger partial charge >= 0.3 is 12.4 Å². The number of hydrogen-bond donors (Lipinski definition) is 1. The Kier molecular flexibility index (Phi) is 6.83. The number of thiophene rings is 1. The highest BCUT2D eigenvalue weighted by molar-refractivity contribution is 7.91. The third-order valence-corrected chi connectivity index (χ3v) is 9.15. The van der Waals surface area contributed by atoms with Gasteiger partial charge in [0.25, 0.3) is 15.6 Å². The van der Waals surface area contributed by atoms with Gasteiger partial charge in [0, 0.05) is 61.0 Å². The zero-order chi connectivity index (χ0) is 26.4. The molecule has 0 amide bonds. The molecule has 1 aliphatic heterocycles. The summed E-state index contributed by atoms with van der Waals surface area (Å²) in [6, 6.07) is 8.34. The second-order valence-corrected chi connectivity index (χ2v) is 11.1. The Morgan fingerprint density at radius 3 is 2.11 bits per heavy atom. The van der Waals surface area contributed by atoms with Crippen molar-refractivity contribution in [2.24, 2.45) is 0 Å². The van der Waals surface area contributed by atoms with Crippen molar-refractivity contribution in [3.05, 3.63) is 65.8 Å². The van der Waals surface area contributed by atoms with Crippen LogP contribution in [0.4, 0.5) is 32.0 Å². The van der Waals surface area contributed by atoms with Gasteiger partial charge in [-0.05, 0) is 29.6 Å². The minimum atomic E-state index is -6.03. The predicted molar refractivity (Wildman–Crippen MR) is 121 cm³/mol. The Morgan fingerprint density at radius 1 is 0.917 bits per heavy atom. The largest absolute Gasteiger partial charge is 0.430 e. The lowest BCUT2D eigenvalue weighted by atomic mass is 9.89. The zero-order valence-corrected chi connectivity index (χ0v) is 19.9. The number of aliphatic hydroxyl groups is 1. The van der Waals surface area contributed by atoms with Crippen LogP contribution >= 0.6 is 11.3 Å². The van der Waals surface area contributed by atoms with Crippen LogP contribution in [0.2, 0.25) is 0 Å². The van der Waals surface area contributed by atoms with E-state index < -0.39 is 33.5 Å². The van der Waals surface area contributed by atoms with Crippen LogP contribution in [-0.4, -0.2) is 61.3 Å². The van der Waals surface area contributed by atoms with E-state index in [2.05, 4.69) is 4.98 Å². The zero-order valence-electron chi connectivity index (χ0n) is 18.3. The number of pyridine rings is 1. The second-order valence-electron chi connectivity index (χ2n) is 8.00. The first-order chi connectivity index (χ1) is 16.8. The molecular formula is C22H19F6N3O3S2. The van der Waals surface area contributed by atoms with Crippen LogP contribution in [0.3, 0.4) is 0 Å². The van der Waals surface area contributed by atoms with Gasteiger partial charge in [-0.3, -0.25) is 4.98 Å². The fourth-order valence-corrected chi connectivity index (χ4v) is 6.55. The summed E-state index contributed by atoms with van der Waals surface area (Å²) < 4.78 is 108. The van der Waals surface area contributed by atoms with Crippen molar-refractivity contribution in [1.82, 2.24) is 9.29 Å². The first kappa shape index (κ1) is 26.4. The molecule has 1 aromatic carbocycles. The van der Waals surface area contributed by atoms with Crippen LogP contribution in [-0.2, 0) is 15.6 Å². The maximum absolute atomic E-state index is 13.5. The van der Waals surface area contributed by atoms with Gasteiger partial charge in [-0.25, -0.2) is 8.42 Å². The molecule has 3 heterocycles. The highest BCUT2D eigenvalue weighted by Gasteiger charge is 2.71. The molecule has 1 N–H and O–H groups in total. The maximum atomic E-state index is 13.5. The summed E-state index contributed by atoms with van der Waals surface area (Å²) in [6.07, 6.45) is -9.38. The minimum Gasteiger partial charge on any atom is -0.369 e. The topological polar surface area (TPSA) is 73.7 Å². The van der Waals surface area contributed by atoms with Crippen LogP contribution in [0.25, 0.3) is 11.1 Å². The molecule has 4 rings (SSSR count). The number of halogens is 6. The molecule has 1 fully saturated rings. The summed E-state index contributed by atoms with van der Waals surface area (Å²) in [4.78, 5) is 5.57. The summed E-state index contributed by atoms with van der Waals surface area (Å²) in [6.45, 7) is 0.396. The molecule has 0 bridgehead atoms. The lowest BCUT2D eigenvalue weighted by Gasteiger charge is -2.37. The molecule has 36 heavy (non-hydrogen) atoms. The first-order valence-corrected chi connectivity index (χ1v) is 12.8. The summed E-state index contributed by atoms with van der Waals surface area (Å²) in [5.74, 6) is 0. The molecule has 0 unspecified atom stereocenters. The van der Waals surface area contributed by atoms with E-state index in [0.29, 0.717) is 12.1 Å². The molecule has 3 aromatic rings. The predicted octanol–water partition coefficient (Wildman–Crippen LogP) is 4.63. The van der Waals surface area contributed by atoms with Gasteiger partial charge in [0.05, 0.1) is 0 Å². The van der Waals surface area contributed by atoms with E-state index in [0.717, 1.165) is 17.4 Å². The lowest BCUT2D eigenvalue weighted by Crippen LogP contribution is -2.54. The Bertz CT molecular complexity index is 1290. The van der Waals surface area contributed by atoms with Gasteiger partial charge in [0.2, 0.25) is 0 Å². The Morgan fingerprint density at radius 2 is 1.58 bits per heavy atom. The number of anilines is 1. The summed E-state index contributed by atoms with van der Waals surface area (Å²) >= 11 is 1.07. The summed E-state index contributed by atoms with van der Waals surface area (Å²) in [5, 5.41) is 11.5. The monoisotopic (exact) mass is 551 g/mol. The van der Waals surface area contributed by atoms with E-state index in [1.54, 1.807) is 16.3 Å². The molecule has 2 aromatic heterocycles. The molecule has 0 atom stereocenters. The van der Waals surface area contributed by atoms with Crippen molar-refractivity contribution in [3.8, 4) is 11.1 Å². The SMILES string of the molecule is O=S(=O)(c1cccs1)N1CCN(c2ccc(C(O)(C(F)(F)F)C(F)(F)F)cc2-c2cccnc2)CC1. The van der Waals surface area contributed by atoms with Crippen LogP contribution in [0.5, 0.6) is 0 Å². The highest BCUT2D eigenvalue weighted by atomic mass is 32.2. The Hall–Kier alpha value is -2.68. The van der Waals surface area contributed by atoms with E-state index in [1.165, 1.54) is 34.9 Å². The number of aromatic nitrogens is 1. The first-order valence-electron chi connectivity index (χ1n) is 10.5. The number of piperazine rings is 1. The number of nitrogens with zero attached hydrogens (tertiary/aromatic N) is 3. The fourth-order valence-electron chi connectivity index (χ4n) is 3.99. The summed E-state index contributed by atoms with van der Waals surface area (Å²) in [5.41, 5.74) is -5.96. The van der Waals surface area contributed by atoms with Crippen LogP contribution in [0.15, 0.2) is 64.4 Å².